The number of primary amides is 1. The Morgan fingerprint density at radius 3 is 1.99 bits per heavy atom. The third-order valence-electron chi connectivity index (χ3n) is 15.0. The molecule has 3 saturated heterocycles. The van der Waals surface area contributed by atoms with Crippen LogP contribution in [0.4, 0.5) is 31.7 Å². The standard InChI is InChI=1S/C53H72N16O21P2S2/c1-25(2)36(66-34(71)12-14-57-35(72)15-26(3)50(75)76)31(70)16-29(7-6-13-58-51(56)77)47(74)65-30-10-8-28(9-11-30)18-82-52(78)67(5)17-27(4)85-53(79)88-42-40-33(87-49(42)69-24-64-38-44(55)60-22-62-46(38)69)20-84-92(81,94)90-41-39(73)32(19-83-91(80,93)89-40)86-48(41)68-23-63-37-43(54)59-21-61-45(37)68/h8-11,21-27,29,32-33,36,39-42,48-49,73H,6-7,12-20H2,1-5H3,(H,57,72)(H,65,74)(H,66,71)(H,75,76)(H,80,93)(H,81,94)(H2,54,59,61)(H2,55,60,62)(H3,56,58,77)/t26?,27?,29-,32-,33-,36+,39-,40-,41-,42-,48-,49-,91?,92?/m1/s1. The maximum atomic E-state index is 13.9. The fraction of sp³-hybridized carbons (Fsp3) is 0.547. The van der Waals surface area contributed by atoms with E-state index in [9.17, 15) is 53.2 Å². The summed E-state index contributed by atoms with van der Waals surface area (Å²) in [6.07, 6.45) is -10.8. The summed E-state index contributed by atoms with van der Waals surface area (Å²) in [5, 5.41) is 31.0. The molecule has 2 bridgehead atoms. The average molecular weight is 1400 g/mol. The number of aromatic nitrogens is 8. The summed E-state index contributed by atoms with van der Waals surface area (Å²) >= 11 is 10.9. The minimum atomic E-state index is -4.50. The fourth-order valence-corrected chi connectivity index (χ4v) is 13.0. The van der Waals surface area contributed by atoms with E-state index >= 15 is 0 Å². The van der Waals surface area contributed by atoms with E-state index in [0.29, 0.717) is 11.3 Å². The van der Waals surface area contributed by atoms with Gasteiger partial charge in [0.1, 0.15) is 66.9 Å². The normalized spacial score (nSPS) is 25.0. The molecular formula is C53H72N16O21P2S2. The summed E-state index contributed by atoms with van der Waals surface area (Å²) in [5.74, 6) is -5.50. The molecule has 4 aromatic heterocycles. The molecule has 41 heteroatoms. The predicted molar refractivity (Wildman–Crippen MR) is 332 cm³/mol. The van der Waals surface area contributed by atoms with Crippen LogP contribution in [0.25, 0.3) is 22.3 Å². The number of amides is 6. The van der Waals surface area contributed by atoms with E-state index in [2.05, 4.69) is 51.2 Å². The second kappa shape index (κ2) is 31.6. The van der Waals surface area contributed by atoms with E-state index in [1.165, 1.54) is 61.1 Å². The van der Waals surface area contributed by atoms with Crippen LogP contribution in [0.2, 0.25) is 0 Å². The van der Waals surface area contributed by atoms with Gasteiger partial charge in [-0.1, -0.05) is 32.9 Å². The lowest BCUT2D eigenvalue weighted by Crippen LogP contribution is -2.46. The van der Waals surface area contributed by atoms with Gasteiger partial charge in [-0.05, 0) is 67.0 Å². The molecule has 0 saturated carbocycles. The van der Waals surface area contributed by atoms with Crippen LogP contribution in [0.3, 0.4) is 0 Å². The van der Waals surface area contributed by atoms with Gasteiger partial charge in [-0.3, -0.25) is 42.2 Å². The molecule has 7 heterocycles. The van der Waals surface area contributed by atoms with Crippen LogP contribution in [0.1, 0.15) is 77.8 Å². The number of carbonyl (C=O) groups excluding carboxylic acids is 7. The number of hydrogen-bond acceptors (Lipinski definition) is 28. The van der Waals surface area contributed by atoms with Gasteiger partial charge in [-0.25, -0.2) is 44.3 Å². The van der Waals surface area contributed by atoms with Crippen molar-refractivity contribution in [3.05, 3.63) is 55.1 Å². The number of carbonyl (C=O) groups is 8. The summed E-state index contributed by atoms with van der Waals surface area (Å²) in [7, 11) is 1.37. The molecule has 14 atom stereocenters. The van der Waals surface area contributed by atoms with Crippen molar-refractivity contribution in [1.29, 1.82) is 0 Å². The Balaban J connectivity index is 0.875. The van der Waals surface area contributed by atoms with Gasteiger partial charge in [0.2, 0.25) is 17.7 Å². The smallest absolute Gasteiger partial charge is 0.481 e. The molecule has 37 nitrogen and oxygen atoms in total. The minimum absolute atomic E-state index is 0.0231. The number of hydrogen-bond donors (Lipinski definition) is 11. The number of aliphatic hydroxyl groups excluding tert-OH is 1. The number of aliphatic carboxylic acids is 1. The van der Waals surface area contributed by atoms with Crippen molar-refractivity contribution in [3.63, 3.8) is 0 Å². The van der Waals surface area contributed by atoms with Crippen LogP contribution in [-0.2, 0) is 96.0 Å². The molecule has 3 aliphatic rings. The molecule has 512 valence electrons. The van der Waals surface area contributed by atoms with Gasteiger partial charge < -0.3 is 96.1 Å². The second-order valence-corrected chi connectivity index (χ2v) is 28.1. The van der Waals surface area contributed by atoms with Crippen LogP contribution in [0.5, 0.6) is 0 Å². The van der Waals surface area contributed by atoms with Crippen molar-refractivity contribution in [3.8, 4) is 0 Å². The Morgan fingerprint density at radius 1 is 0.787 bits per heavy atom. The predicted octanol–water partition coefficient (Wildman–Crippen LogP) is 1.14. The van der Waals surface area contributed by atoms with Gasteiger partial charge in [0.05, 0.1) is 44.4 Å². The third-order valence-corrected chi connectivity index (χ3v) is 18.1. The topological polar surface area (TPSA) is 517 Å². The van der Waals surface area contributed by atoms with Crippen molar-refractivity contribution >= 4 is 124 Å². The lowest BCUT2D eigenvalue weighted by Gasteiger charge is -2.29. The van der Waals surface area contributed by atoms with Crippen LogP contribution in [-0.4, -0.2) is 200 Å². The largest absolute Gasteiger partial charge is 0.509 e. The van der Waals surface area contributed by atoms with Crippen molar-refractivity contribution in [2.75, 3.05) is 56.7 Å². The number of imidazole rings is 2. The number of benzene rings is 1. The number of nitrogens with two attached hydrogens (primary N) is 3. The molecule has 5 aromatic rings. The Labute approximate surface area is 545 Å². The molecule has 6 amide bonds. The number of likely N-dealkylation sites (N-methyl/N-ethyl adjacent to an activating group) is 1. The highest BCUT2D eigenvalue weighted by atomic mass is 32.5. The summed E-state index contributed by atoms with van der Waals surface area (Å²) in [6, 6.07) is 4.44. The number of nitrogen functional groups attached to an aromatic ring is 2. The van der Waals surface area contributed by atoms with Crippen molar-refractivity contribution in [2.24, 2.45) is 23.5 Å². The van der Waals surface area contributed by atoms with Crippen LogP contribution in [0, 0.1) is 17.8 Å². The number of nitrogens with zero attached hydrogens (tertiary/aromatic N) is 9. The summed E-state index contributed by atoms with van der Waals surface area (Å²) in [5.41, 5.74) is 18.7. The number of rotatable bonds is 25. The third kappa shape index (κ3) is 18.8. The molecule has 3 fully saturated rings. The monoisotopic (exact) mass is 1390 g/mol. The van der Waals surface area contributed by atoms with Crippen molar-refractivity contribution < 1.29 is 100 Å². The minimum Gasteiger partial charge on any atom is -0.481 e. The lowest BCUT2D eigenvalue weighted by atomic mass is 9.89. The summed E-state index contributed by atoms with van der Waals surface area (Å²) < 4.78 is 55.8. The maximum Gasteiger partial charge on any atom is 0.509 e. The number of Topliss-reactive ketones (excluding diaryl/α,β-unsaturated/α-hetero) is 1. The molecule has 94 heavy (non-hydrogen) atoms. The molecule has 4 unspecified atom stereocenters. The first-order valence-corrected chi connectivity index (χ1v) is 34.3. The Kier molecular flexibility index (Phi) is 24.3. The van der Waals surface area contributed by atoms with Gasteiger partial charge in [-0.15, -0.1) is 0 Å². The molecule has 8 rings (SSSR count). The quantitative estimate of drug-likeness (QED) is 0.0222. The molecule has 14 N–H and O–H groups in total. The molecule has 3 aliphatic heterocycles. The van der Waals surface area contributed by atoms with Gasteiger partial charge in [0.15, 0.2) is 47.3 Å². The zero-order valence-corrected chi connectivity index (χ0v) is 54.5. The molecule has 0 aliphatic carbocycles. The number of carboxylic acids is 1. The van der Waals surface area contributed by atoms with E-state index in [4.69, 9.17) is 87.7 Å². The fourth-order valence-electron chi connectivity index (χ4n) is 10.2. The molecule has 0 radical (unpaired) electrons. The zero-order valence-electron chi connectivity index (χ0n) is 51.1. The highest BCUT2D eigenvalue weighted by Gasteiger charge is 2.55. The van der Waals surface area contributed by atoms with Gasteiger partial charge in [0, 0.05) is 51.0 Å². The van der Waals surface area contributed by atoms with E-state index in [0.717, 1.165) is 11.2 Å². The van der Waals surface area contributed by atoms with E-state index in [1.807, 2.05) is 0 Å². The SMILES string of the molecule is CC(CN(C)C(=O)OCc1ccc(NC(=O)[C@H](CCCNC(N)=O)CC(=O)[C@@H](NC(=O)CCNC(=O)CC(C)C(=O)O)C(C)C)cc1)OC(=O)O[C@@H]1[C@@H]2OP(O)(=S)OC[C@H]3O[C@@H](n4cnc5c(N)ncnc54)[C@H](OP(O)(=S)OC[C@H]2O[C@H]1n1cnc2c(N)ncnc21)[C@@H]3O. The number of nitrogens with one attached hydrogen (secondary N) is 4. The summed E-state index contributed by atoms with van der Waals surface area (Å²) in [4.78, 5) is 152. The second-order valence-electron chi connectivity index (χ2n) is 22.5. The first kappa shape index (κ1) is 72.1. The highest BCUT2D eigenvalue weighted by Crippen LogP contribution is 2.54. The van der Waals surface area contributed by atoms with Crippen molar-refractivity contribution in [2.45, 2.75) is 128 Å². The lowest BCUT2D eigenvalue weighted by molar-refractivity contribution is -0.143. The van der Waals surface area contributed by atoms with Gasteiger partial charge >= 0.3 is 37.7 Å². The van der Waals surface area contributed by atoms with Crippen LogP contribution >= 0.6 is 13.4 Å². The van der Waals surface area contributed by atoms with Gasteiger partial charge in [-0.2, -0.15) is 0 Å². The van der Waals surface area contributed by atoms with E-state index in [-0.39, 0.29) is 92.3 Å². The Hall–Kier alpha value is -7.78. The van der Waals surface area contributed by atoms with Crippen LogP contribution in [0.15, 0.2) is 49.6 Å². The number of carboxylic acid groups (broad SMARTS) is 1. The molecule has 1 aromatic carbocycles. The Morgan fingerprint density at radius 2 is 1.38 bits per heavy atom. The number of ketones is 1. The number of ether oxygens (including phenoxy) is 5. The first-order chi connectivity index (χ1) is 44.5. The zero-order chi connectivity index (χ0) is 68.3. The number of anilines is 3. The highest BCUT2D eigenvalue weighted by molar-refractivity contribution is 8.07. The van der Waals surface area contributed by atoms with E-state index < -0.39 is 153 Å². The van der Waals surface area contributed by atoms with Crippen LogP contribution < -0.4 is 38.5 Å². The Bertz CT molecular complexity index is 3690. The average Bonchev–Trinajstić information content (AvgIpc) is 1.61. The van der Waals surface area contributed by atoms with Crippen molar-refractivity contribution in [1.82, 2.24) is 59.9 Å². The number of aliphatic hydroxyl groups is 1. The maximum absolute atomic E-state index is 13.9. The number of fused-ring (bicyclic) bond motifs is 5. The summed E-state index contributed by atoms with van der Waals surface area (Å²) in [6.45, 7) is -4.56. The molecule has 0 spiro atoms. The molecular weight excluding hydrogens is 1320 g/mol. The number of urea groups is 1. The van der Waals surface area contributed by atoms with E-state index in [1.54, 1.807) is 26.0 Å². The first-order valence-electron chi connectivity index (χ1n) is 29.1. The van der Waals surface area contributed by atoms with Gasteiger partial charge in [0.25, 0.3) is 0 Å².